The second-order valence-corrected chi connectivity index (χ2v) is 8.70. The van der Waals surface area contributed by atoms with Crippen LogP contribution >= 0.6 is 0 Å². The van der Waals surface area contributed by atoms with E-state index in [1.54, 1.807) is 23.8 Å². The SMILES string of the molecule is COCCCOc1cc2c(cc1OC)-c1c(F)c(=O)c(C(=O)O)cn1C1[C@H]2OCC1(C)C. The van der Waals surface area contributed by atoms with Crippen molar-refractivity contribution in [2.75, 3.05) is 34.0 Å². The molecule has 0 radical (unpaired) electrons. The van der Waals surface area contributed by atoms with Crippen LogP contribution in [-0.4, -0.2) is 49.7 Å². The van der Waals surface area contributed by atoms with Gasteiger partial charge < -0.3 is 28.6 Å². The number of hydrogen-bond acceptors (Lipinski definition) is 6. The number of hydrogen-bond donors (Lipinski definition) is 1. The second-order valence-electron chi connectivity index (χ2n) is 8.70. The summed E-state index contributed by atoms with van der Waals surface area (Å²) in [5.74, 6) is -1.73. The summed E-state index contributed by atoms with van der Waals surface area (Å²) >= 11 is 0. The molecule has 1 unspecified atom stereocenters. The maximum Gasteiger partial charge on any atom is 0.341 e. The number of carboxylic acids is 1. The Hall–Kier alpha value is -2.91. The molecule has 0 saturated carbocycles. The van der Waals surface area contributed by atoms with Gasteiger partial charge >= 0.3 is 5.97 Å². The summed E-state index contributed by atoms with van der Waals surface area (Å²) in [5, 5.41) is 9.44. The maximum absolute atomic E-state index is 15.4. The topological polar surface area (TPSA) is 96.2 Å². The van der Waals surface area contributed by atoms with Gasteiger partial charge in [0.1, 0.15) is 11.7 Å². The van der Waals surface area contributed by atoms with Crippen LogP contribution in [0.1, 0.15) is 48.3 Å². The van der Waals surface area contributed by atoms with Crippen LogP contribution in [0.4, 0.5) is 4.39 Å². The lowest BCUT2D eigenvalue weighted by Crippen LogP contribution is -2.34. The fraction of sp³-hybridized carbons (Fsp3) is 0.478. The van der Waals surface area contributed by atoms with Crippen molar-refractivity contribution in [2.24, 2.45) is 5.41 Å². The summed E-state index contributed by atoms with van der Waals surface area (Å²) in [6.07, 6.45) is 1.43. The minimum Gasteiger partial charge on any atom is -0.493 e. The molecule has 0 amide bonds. The number of benzene rings is 1. The Balaban J connectivity index is 1.94. The van der Waals surface area contributed by atoms with E-state index in [0.29, 0.717) is 48.9 Å². The second kappa shape index (κ2) is 8.22. The molecule has 1 aromatic heterocycles. The van der Waals surface area contributed by atoms with Crippen LogP contribution in [0.5, 0.6) is 11.5 Å². The first kappa shape index (κ1) is 22.3. The summed E-state index contributed by atoms with van der Waals surface area (Å²) in [7, 11) is 3.09. The highest BCUT2D eigenvalue weighted by Gasteiger charge is 2.50. The lowest BCUT2D eigenvalue weighted by Gasteiger charge is -2.38. The molecule has 0 aliphatic carbocycles. The van der Waals surface area contributed by atoms with Crippen LogP contribution in [0.3, 0.4) is 0 Å². The largest absolute Gasteiger partial charge is 0.493 e. The number of nitrogens with zero attached hydrogens (tertiary/aromatic N) is 1. The third-order valence-electron chi connectivity index (χ3n) is 6.08. The first-order chi connectivity index (χ1) is 15.2. The number of pyridine rings is 1. The zero-order valence-corrected chi connectivity index (χ0v) is 18.4. The number of ether oxygens (including phenoxy) is 4. The summed E-state index contributed by atoms with van der Waals surface area (Å²) in [4.78, 5) is 24.1. The zero-order chi connectivity index (χ0) is 23.2. The molecule has 0 bridgehead atoms. The van der Waals surface area contributed by atoms with Crippen molar-refractivity contribution < 1.29 is 33.2 Å². The van der Waals surface area contributed by atoms with Gasteiger partial charge in [0.25, 0.3) is 0 Å². The van der Waals surface area contributed by atoms with Crippen molar-refractivity contribution in [2.45, 2.75) is 32.4 Å². The van der Waals surface area contributed by atoms with E-state index < -0.39 is 40.3 Å². The number of halogens is 1. The molecule has 32 heavy (non-hydrogen) atoms. The number of carbonyl (C=O) groups is 1. The van der Waals surface area contributed by atoms with Gasteiger partial charge in [0.05, 0.1) is 32.1 Å². The van der Waals surface area contributed by atoms with Gasteiger partial charge in [0, 0.05) is 37.3 Å². The maximum atomic E-state index is 15.4. The summed E-state index contributed by atoms with van der Waals surface area (Å²) in [5.41, 5.74) is -1.08. The van der Waals surface area contributed by atoms with E-state index in [1.807, 2.05) is 13.8 Å². The number of rotatable bonds is 7. The van der Waals surface area contributed by atoms with Crippen molar-refractivity contribution >= 4 is 5.97 Å². The molecule has 0 spiro atoms. The van der Waals surface area contributed by atoms with E-state index in [4.69, 9.17) is 18.9 Å². The van der Waals surface area contributed by atoms with Crippen LogP contribution in [0.15, 0.2) is 23.1 Å². The van der Waals surface area contributed by atoms with E-state index in [2.05, 4.69) is 0 Å². The van der Waals surface area contributed by atoms with Gasteiger partial charge in [-0.3, -0.25) is 4.79 Å². The van der Waals surface area contributed by atoms with E-state index in [-0.39, 0.29) is 5.69 Å². The van der Waals surface area contributed by atoms with Gasteiger partial charge in [-0.25, -0.2) is 9.18 Å². The molecule has 4 rings (SSSR count). The molecule has 2 atom stereocenters. The fourth-order valence-corrected chi connectivity index (χ4v) is 4.58. The smallest absolute Gasteiger partial charge is 0.341 e. The van der Waals surface area contributed by atoms with Crippen molar-refractivity contribution in [1.82, 2.24) is 4.57 Å². The average Bonchev–Trinajstić information content (AvgIpc) is 3.08. The number of aromatic carboxylic acids is 1. The molecule has 3 heterocycles. The van der Waals surface area contributed by atoms with Gasteiger partial charge in [0.15, 0.2) is 17.3 Å². The minimum atomic E-state index is -1.47. The van der Waals surface area contributed by atoms with Crippen molar-refractivity contribution in [3.63, 3.8) is 0 Å². The van der Waals surface area contributed by atoms with Crippen LogP contribution in [0.25, 0.3) is 11.3 Å². The van der Waals surface area contributed by atoms with Crippen LogP contribution in [0.2, 0.25) is 0 Å². The Morgan fingerprint density at radius 2 is 2.03 bits per heavy atom. The van der Waals surface area contributed by atoms with Gasteiger partial charge in [-0.15, -0.1) is 0 Å². The van der Waals surface area contributed by atoms with E-state index in [1.165, 1.54) is 13.3 Å². The molecular weight excluding hydrogens is 421 g/mol. The predicted molar refractivity (Wildman–Crippen MR) is 113 cm³/mol. The first-order valence-corrected chi connectivity index (χ1v) is 10.3. The van der Waals surface area contributed by atoms with Gasteiger partial charge in [0.2, 0.25) is 5.43 Å². The molecule has 172 valence electrons. The highest BCUT2D eigenvalue weighted by Crippen LogP contribution is 2.56. The molecule has 2 aromatic rings. The minimum absolute atomic E-state index is 0.0269. The number of fused-ring (bicyclic) bond motifs is 6. The number of aromatic nitrogens is 1. The van der Waals surface area contributed by atoms with E-state index >= 15 is 4.39 Å². The third-order valence-corrected chi connectivity index (χ3v) is 6.08. The fourth-order valence-electron chi connectivity index (χ4n) is 4.58. The molecule has 1 saturated heterocycles. The predicted octanol–water partition coefficient (Wildman–Crippen LogP) is 3.43. The zero-order valence-electron chi connectivity index (χ0n) is 18.4. The Kier molecular flexibility index (Phi) is 5.72. The quantitative estimate of drug-likeness (QED) is 0.650. The van der Waals surface area contributed by atoms with Gasteiger partial charge in [-0.1, -0.05) is 13.8 Å². The Labute approximate surface area is 184 Å². The molecule has 8 nitrogen and oxygen atoms in total. The Bertz CT molecular complexity index is 1120. The first-order valence-electron chi connectivity index (χ1n) is 10.3. The molecule has 1 fully saturated rings. The lowest BCUT2D eigenvalue weighted by atomic mass is 9.78. The third kappa shape index (κ3) is 3.45. The summed E-state index contributed by atoms with van der Waals surface area (Å²) in [6.45, 7) is 5.26. The summed E-state index contributed by atoms with van der Waals surface area (Å²) < 4.78 is 39.4. The lowest BCUT2D eigenvalue weighted by molar-refractivity contribution is 0.0690. The highest BCUT2D eigenvalue weighted by atomic mass is 19.1. The monoisotopic (exact) mass is 447 g/mol. The summed E-state index contributed by atoms with van der Waals surface area (Å²) in [6, 6.07) is 2.96. The normalized spacial score (nSPS) is 20.3. The van der Waals surface area contributed by atoms with Crippen molar-refractivity contribution in [1.29, 1.82) is 0 Å². The molecule has 1 aromatic carbocycles. The highest BCUT2D eigenvalue weighted by molar-refractivity contribution is 5.88. The van der Waals surface area contributed by atoms with Gasteiger partial charge in [-0.2, -0.15) is 0 Å². The molecule has 1 N–H and O–H groups in total. The van der Waals surface area contributed by atoms with Crippen LogP contribution < -0.4 is 14.9 Å². The van der Waals surface area contributed by atoms with Crippen molar-refractivity contribution in [3.8, 4) is 22.8 Å². The molecular formula is C23H26FNO7. The average molecular weight is 447 g/mol. The molecule has 2 aliphatic heterocycles. The number of methoxy groups -OCH3 is 2. The van der Waals surface area contributed by atoms with Crippen LogP contribution in [0, 0.1) is 11.2 Å². The van der Waals surface area contributed by atoms with Crippen LogP contribution in [-0.2, 0) is 9.47 Å². The Morgan fingerprint density at radius 3 is 2.69 bits per heavy atom. The molecule has 9 heteroatoms. The van der Waals surface area contributed by atoms with Crippen molar-refractivity contribution in [3.05, 3.63) is 45.5 Å². The number of carboxylic acid groups (broad SMARTS) is 1. The standard InChI is InChI=1S/C23H26FNO7/c1-23(2)11-32-20-13-9-16(31-7-5-6-29-3)15(30-4)8-12(13)18-17(24)19(26)14(22(27)28)10-25(18)21(20)23/h8-10,20-21H,5-7,11H2,1-4H3,(H,27,28)/t20-,21?/m0/s1. The Morgan fingerprint density at radius 1 is 1.28 bits per heavy atom. The van der Waals surface area contributed by atoms with E-state index in [0.717, 1.165) is 0 Å². The van der Waals surface area contributed by atoms with E-state index in [9.17, 15) is 14.7 Å². The molecule has 2 aliphatic rings. The van der Waals surface area contributed by atoms with Gasteiger partial charge in [-0.05, 0) is 17.7 Å².